The van der Waals surface area contributed by atoms with E-state index in [9.17, 15) is 0 Å². The standard InChI is InChI=1S/C13H11N3O2/c1-9-4-6-10(7-5-9)14-13-16-15-12(18-13)11-3-2-8-17-11/h2-8H,1H3,(H,14,16). The first-order valence-corrected chi connectivity index (χ1v) is 5.52. The summed E-state index contributed by atoms with van der Waals surface area (Å²) in [6, 6.07) is 11.8. The molecule has 3 aromatic rings. The predicted octanol–water partition coefficient (Wildman–Crippen LogP) is 3.38. The Bertz CT molecular complexity index is 627. The molecule has 1 N–H and O–H groups in total. The maximum Gasteiger partial charge on any atom is 0.320 e. The van der Waals surface area contributed by atoms with Crippen molar-refractivity contribution < 1.29 is 8.83 Å². The molecule has 3 rings (SSSR count). The first-order valence-electron chi connectivity index (χ1n) is 5.52. The number of anilines is 2. The first-order chi connectivity index (χ1) is 8.81. The van der Waals surface area contributed by atoms with E-state index in [0.717, 1.165) is 5.69 Å². The average Bonchev–Trinajstić information content (AvgIpc) is 3.02. The zero-order chi connectivity index (χ0) is 12.4. The van der Waals surface area contributed by atoms with Crippen LogP contribution in [0.5, 0.6) is 0 Å². The molecule has 0 spiro atoms. The van der Waals surface area contributed by atoms with Gasteiger partial charge in [0.1, 0.15) is 0 Å². The normalized spacial score (nSPS) is 10.5. The first kappa shape index (κ1) is 10.6. The van der Waals surface area contributed by atoms with E-state index >= 15 is 0 Å². The number of nitrogens with zero attached hydrogens (tertiary/aromatic N) is 2. The molecule has 0 saturated heterocycles. The average molecular weight is 241 g/mol. The molecule has 0 amide bonds. The van der Waals surface area contributed by atoms with Crippen molar-refractivity contribution in [3.05, 3.63) is 48.2 Å². The Labute approximate surface area is 103 Å². The number of rotatable bonds is 3. The van der Waals surface area contributed by atoms with Crippen LogP contribution in [0.2, 0.25) is 0 Å². The molecular formula is C13H11N3O2. The number of aryl methyl sites for hydroxylation is 1. The Morgan fingerprint density at radius 2 is 1.89 bits per heavy atom. The Morgan fingerprint density at radius 1 is 1.06 bits per heavy atom. The fraction of sp³-hybridized carbons (Fsp3) is 0.0769. The summed E-state index contributed by atoms with van der Waals surface area (Å²) in [4.78, 5) is 0. The van der Waals surface area contributed by atoms with E-state index in [1.165, 1.54) is 5.56 Å². The largest absolute Gasteiger partial charge is 0.459 e. The van der Waals surface area contributed by atoms with Gasteiger partial charge in [0, 0.05) is 5.69 Å². The van der Waals surface area contributed by atoms with Crippen molar-refractivity contribution in [2.45, 2.75) is 6.92 Å². The highest BCUT2D eigenvalue weighted by atomic mass is 16.4. The maximum absolute atomic E-state index is 5.44. The molecule has 2 heterocycles. The second-order valence-corrected chi connectivity index (χ2v) is 3.88. The van der Waals surface area contributed by atoms with Gasteiger partial charge >= 0.3 is 6.01 Å². The second kappa shape index (κ2) is 4.37. The third-order valence-corrected chi connectivity index (χ3v) is 2.46. The van der Waals surface area contributed by atoms with Gasteiger partial charge in [0.05, 0.1) is 6.26 Å². The molecule has 0 unspecified atom stereocenters. The van der Waals surface area contributed by atoms with Crippen LogP contribution in [0.4, 0.5) is 11.7 Å². The third-order valence-electron chi connectivity index (χ3n) is 2.46. The van der Waals surface area contributed by atoms with Crippen molar-refractivity contribution in [3.63, 3.8) is 0 Å². The quantitative estimate of drug-likeness (QED) is 0.761. The number of furan rings is 1. The van der Waals surface area contributed by atoms with Crippen LogP contribution < -0.4 is 5.32 Å². The molecule has 0 radical (unpaired) electrons. The lowest BCUT2D eigenvalue weighted by molar-refractivity contribution is 0.524. The maximum atomic E-state index is 5.44. The summed E-state index contributed by atoms with van der Waals surface area (Å²) in [5.74, 6) is 0.911. The fourth-order valence-corrected chi connectivity index (χ4v) is 1.53. The van der Waals surface area contributed by atoms with Gasteiger partial charge in [0.2, 0.25) is 0 Å². The molecule has 0 aliphatic rings. The van der Waals surface area contributed by atoms with Crippen LogP contribution in [0.3, 0.4) is 0 Å². The molecule has 90 valence electrons. The smallest absolute Gasteiger partial charge is 0.320 e. The summed E-state index contributed by atoms with van der Waals surface area (Å²) in [6.07, 6.45) is 1.56. The molecule has 0 atom stereocenters. The fourth-order valence-electron chi connectivity index (χ4n) is 1.53. The van der Waals surface area contributed by atoms with Gasteiger partial charge in [0.15, 0.2) is 5.76 Å². The van der Waals surface area contributed by atoms with Gasteiger partial charge in [0.25, 0.3) is 5.89 Å². The van der Waals surface area contributed by atoms with Crippen molar-refractivity contribution >= 4 is 11.7 Å². The van der Waals surface area contributed by atoms with Crippen molar-refractivity contribution in [2.75, 3.05) is 5.32 Å². The summed E-state index contributed by atoms with van der Waals surface area (Å²) in [6.45, 7) is 2.03. The van der Waals surface area contributed by atoms with Crippen molar-refractivity contribution in [2.24, 2.45) is 0 Å². The second-order valence-electron chi connectivity index (χ2n) is 3.88. The van der Waals surface area contributed by atoms with E-state index in [0.29, 0.717) is 17.7 Å². The zero-order valence-electron chi connectivity index (χ0n) is 9.75. The molecule has 18 heavy (non-hydrogen) atoms. The molecular weight excluding hydrogens is 230 g/mol. The van der Waals surface area contributed by atoms with Gasteiger partial charge in [-0.1, -0.05) is 22.8 Å². The van der Waals surface area contributed by atoms with Gasteiger partial charge in [-0.15, -0.1) is 5.10 Å². The van der Waals surface area contributed by atoms with Gasteiger partial charge in [-0.25, -0.2) is 0 Å². The van der Waals surface area contributed by atoms with Crippen molar-refractivity contribution in [1.82, 2.24) is 10.2 Å². The molecule has 2 aromatic heterocycles. The molecule has 0 saturated carbocycles. The minimum Gasteiger partial charge on any atom is -0.459 e. The van der Waals surface area contributed by atoms with Crippen molar-refractivity contribution in [3.8, 4) is 11.7 Å². The van der Waals surface area contributed by atoms with E-state index in [4.69, 9.17) is 8.83 Å². The van der Waals surface area contributed by atoms with Crippen LogP contribution in [0.15, 0.2) is 51.5 Å². The van der Waals surface area contributed by atoms with E-state index in [2.05, 4.69) is 15.5 Å². The number of nitrogens with one attached hydrogen (secondary N) is 1. The van der Waals surface area contributed by atoms with Crippen LogP contribution in [0.1, 0.15) is 5.56 Å². The lowest BCUT2D eigenvalue weighted by atomic mass is 10.2. The highest BCUT2D eigenvalue weighted by Gasteiger charge is 2.10. The lowest BCUT2D eigenvalue weighted by Gasteiger charge is -2.00. The van der Waals surface area contributed by atoms with Gasteiger partial charge in [-0.3, -0.25) is 0 Å². The highest BCUT2D eigenvalue weighted by Crippen LogP contribution is 2.22. The van der Waals surface area contributed by atoms with E-state index in [1.54, 1.807) is 18.4 Å². The van der Waals surface area contributed by atoms with Crippen LogP contribution in [-0.2, 0) is 0 Å². The minimum atomic E-state index is 0.338. The Balaban J connectivity index is 1.80. The van der Waals surface area contributed by atoms with E-state index < -0.39 is 0 Å². The predicted molar refractivity (Wildman–Crippen MR) is 66.5 cm³/mol. The minimum absolute atomic E-state index is 0.338. The monoisotopic (exact) mass is 241 g/mol. The van der Waals surface area contributed by atoms with E-state index in [-0.39, 0.29) is 0 Å². The summed E-state index contributed by atoms with van der Waals surface area (Å²) < 4.78 is 10.6. The third kappa shape index (κ3) is 2.10. The van der Waals surface area contributed by atoms with Crippen LogP contribution in [-0.4, -0.2) is 10.2 Å². The SMILES string of the molecule is Cc1ccc(Nc2nnc(-c3ccco3)o2)cc1. The summed E-state index contributed by atoms with van der Waals surface area (Å²) in [5, 5.41) is 10.8. The summed E-state index contributed by atoms with van der Waals surface area (Å²) in [7, 11) is 0. The molecule has 5 heteroatoms. The molecule has 0 fully saturated rings. The zero-order valence-corrected chi connectivity index (χ0v) is 9.75. The van der Waals surface area contributed by atoms with Crippen molar-refractivity contribution in [1.29, 1.82) is 0 Å². The number of benzene rings is 1. The summed E-state index contributed by atoms with van der Waals surface area (Å²) >= 11 is 0. The number of aromatic nitrogens is 2. The molecule has 1 aromatic carbocycles. The molecule has 5 nitrogen and oxygen atoms in total. The molecule has 0 aliphatic carbocycles. The van der Waals surface area contributed by atoms with Crippen LogP contribution in [0, 0.1) is 6.92 Å². The van der Waals surface area contributed by atoms with Crippen LogP contribution in [0.25, 0.3) is 11.7 Å². The number of hydrogen-bond acceptors (Lipinski definition) is 5. The van der Waals surface area contributed by atoms with Gasteiger partial charge in [-0.2, -0.15) is 0 Å². The van der Waals surface area contributed by atoms with E-state index in [1.807, 2.05) is 31.2 Å². The molecule has 0 bridgehead atoms. The van der Waals surface area contributed by atoms with Crippen LogP contribution >= 0.6 is 0 Å². The van der Waals surface area contributed by atoms with Gasteiger partial charge < -0.3 is 14.2 Å². The summed E-state index contributed by atoms with van der Waals surface area (Å²) in [5.41, 5.74) is 2.09. The lowest BCUT2D eigenvalue weighted by Crippen LogP contribution is -1.89. The Morgan fingerprint density at radius 3 is 2.61 bits per heavy atom. The topological polar surface area (TPSA) is 64.1 Å². The Kier molecular flexibility index (Phi) is 2.57. The molecule has 0 aliphatic heterocycles. The van der Waals surface area contributed by atoms with Gasteiger partial charge in [-0.05, 0) is 31.2 Å². The number of hydrogen-bond donors (Lipinski definition) is 1. The Hall–Kier alpha value is -2.56. The highest BCUT2D eigenvalue weighted by molar-refractivity contribution is 5.53.